The van der Waals surface area contributed by atoms with Gasteiger partial charge in [-0.05, 0) is 20.9 Å². The number of likely N-dealkylation sites (N-methyl/N-ethyl adjacent to an activating group) is 1. The van der Waals surface area contributed by atoms with E-state index in [0.29, 0.717) is 19.6 Å². The molecule has 1 fully saturated rings. The van der Waals surface area contributed by atoms with E-state index in [9.17, 15) is 4.79 Å². The molecule has 3 rings (SSSR count). The van der Waals surface area contributed by atoms with Crippen molar-refractivity contribution in [3.63, 3.8) is 0 Å². The highest BCUT2D eigenvalue weighted by Crippen LogP contribution is 2.14. The second kappa shape index (κ2) is 6.98. The molecule has 2 aliphatic heterocycles. The lowest BCUT2D eigenvalue weighted by Gasteiger charge is -2.36. The summed E-state index contributed by atoms with van der Waals surface area (Å²) >= 11 is 0. The van der Waals surface area contributed by atoms with Gasteiger partial charge in [-0.15, -0.1) is 0 Å². The summed E-state index contributed by atoms with van der Waals surface area (Å²) in [4.78, 5) is 16.5. The van der Waals surface area contributed by atoms with Crippen LogP contribution in [0.5, 0.6) is 0 Å². The molecule has 1 N–H and O–H groups in total. The molecule has 1 aromatic rings. The number of ether oxygens (including phenoxy) is 1. The van der Waals surface area contributed by atoms with Gasteiger partial charge in [0, 0.05) is 38.3 Å². The minimum Gasteiger partial charge on any atom is -0.372 e. The Labute approximate surface area is 137 Å². The molecule has 3 heterocycles. The third kappa shape index (κ3) is 3.91. The summed E-state index contributed by atoms with van der Waals surface area (Å²) in [6, 6.07) is 0. The fraction of sp³-hybridized carbons (Fsp3) is 0.750. The number of nitrogens with zero attached hydrogens (tertiary/aromatic N) is 4. The van der Waals surface area contributed by atoms with Crippen LogP contribution in [-0.2, 0) is 29.2 Å². The Hall–Kier alpha value is -1.44. The first-order chi connectivity index (χ1) is 11.0. The number of hydrogen-bond donors (Lipinski definition) is 1. The quantitative estimate of drug-likeness (QED) is 0.849. The molecule has 0 aromatic carbocycles. The molecule has 23 heavy (non-hydrogen) atoms. The van der Waals surface area contributed by atoms with E-state index < -0.39 is 0 Å². The fourth-order valence-corrected chi connectivity index (χ4v) is 3.43. The lowest BCUT2D eigenvalue weighted by molar-refractivity contribution is -0.144. The molecule has 1 saturated heterocycles. The first-order valence-electron chi connectivity index (χ1n) is 8.39. The van der Waals surface area contributed by atoms with Crippen molar-refractivity contribution < 1.29 is 9.53 Å². The third-order valence-electron chi connectivity index (χ3n) is 4.45. The highest BCUT2D eigenvalue weighted by atomic mass is 16.5. The summed E-state index contributed by atoms with van der Waals surface area (Å²) in [6.07, 6.45) is 2.16. The van der Waals surface area contributed by atoms with Crippen LogP contribution in [0.2, 0.25) is 0 Å². The van der Waals surface area contributed by atoms with Gasteiger partial charge in [0.15, 0.2) is 0 Å². The Morgan fingerprint density at radius 2 is 2.17 bits per heavy atom. The molecule has 7 nitrogen and oxygen atoms in total. The van der Waals surface area contributed by atoms with Gasteiger partial charge in [0.1, 0.15) is 0 Å². The molecule has 1 aromatic heterocycles. The average Bonchev–Trinajstić information content (AvgIpc) is 2.89. The van der Waals surface area contributed by atoms with E-state index in [4.69, 9.17) is 4.74 Å². The van der Waals surface area contributed by atoms with E-state index in [2.05, 4.69) is 20.0 Å². The summed E-state index contributed by atoms with van der Waals surface area (Å²) in [6.45, 7) is 9.33. The van der Waals surface area contributed by atoms with Crippen LogP contribution in [0.25, 0.3) is 0 Å². The van der Waals surface area contributed by atoms with Gasteiger partial charge < -0.3 is 15.0 Å². The van der Waals surface area contributed by atoms with E-state index in [0.717, 1.165) is 26.2 Å². The number of aromatic nitrogens is 2. The summed E-state index contributed by atoms with van der Waals surface area (Å²) in [5.74, 6) is 0.175. The maximum Gasteiger partial charge on any atom is 0.236 e. The molecule has 0 bridgehead atoms. The van der Waals surface area contributed by atoms with Crippen LogP contribution in [0, 0.1) is 0 Å². The predicted molar refractivity (Wildman–Crippen MR) is 86.9 cm³/mol. The Bertz CT molecular complexity index is 549. The van der Waals surface area contributed by atoms with Crippen molar-refractivity contribution in [3.8, 4) is 0 Å². The summed E-state index contributed by atoms with van der Waals surface area (Å²) in [5, 5.41) is 7.81. The van der Waals surface area contributed by atoms with E-state index in [1.807, 2.05) is 32.0 Å². The zero-order valence-corrected chi connectivity index (χ0v) is 14.3. The zero-order chi connectivity index (χ0) is 16.4. The Morgan fingerprint density at radius 3 is 2.91 bits per heavy atom. The molecule has 0 saturated carbocycles. The molecule has 2 aliphatic rings. The molecule has 7 heteroatoms. The van der Waals surface area contributed by atoms with Crippen molar-refractivity contribution in [3.05, 3.63) is 17.5 Å². The van der Waals surface area contributed by atoms with Gasteiger partial charge in [0.05, 0.1) is 37.2 Å². The van der Waals surface area contributed by atoms with Gasteiger partial charge in [-0.1, -0.05) is 0 Å². The normalized spacial score (nSPS) is 24.8. The number of carbonyl (C=O) groups is 1. The topological polar surface area (TPSA) is 62.6 Å². The van der Waals surface area contributed by atoms with Crippen LogP contribution in [-0.4, -0.2) is 70.9 Å². The fourth-order valence-electron chi connectivity index (χ4n) is 3.43. The smallest absolute Gasteiger partial charge is 0.236 e. The van der Waals surface area contributed by atoms with Crippen LogP contribution in [0.1, 0.15) is 25.1 Å². The van der Waals surface area contributed by atoms with Gasteiger partial charge in [0.25, 0.3) is 0 Å². The SMILES string of the molecule is CC1CN(C(=O)CN(C)Cc2cnn3c2CNCC3)CC(C)O1. The zero-order valence-electron chi connectivity index (χ0n) is 14.3. The van der Waals surface area contributed by atoms with Crippen LogP contribution >= 0.6 is 0 Å². The second-order valence-corrected chi connectivity index (χ2v) is 6.74. The number of fused-ring (bicyclic) bond motifs is 1. The van der Waals surface area contributed by atoms with Crippen molar-refractivity contribution in [2.75, 3.05) is 33.2 Å². The highest BCUT2D eigenvalue weighted by Gasteiger charge is 2.26. The van der Waals surface area contributed by atoms with Gasteiger partial charge >= 0.3 is 0 Å². The van der Waals surface area contributed by atoms with E-state index >= 15 is 0 Å². The standard InChI is InChI=1S/C16H27N5O2/c1-12-8-20(9-13(2)23-12)16(22)11-19(3)10-14-6-18-21-5-4-17-7-15(14)21/h6,12-13,17H,4-5,7-11H2,1-3H3. The number of nitrogens with one attached hydrogen (secondary N) is 1. The average molecular weight is 321 g/mol. The van der Waals surface area contributed by atoms with Gasteiger partial charge in [-0.3, -0.25) is 14.4 Å². The van der Waals surface area contributed by atoms with Crippen LogP contribution < -0.4 is 5.32 Å². The lowest BCUT2D eigenvalue weighted by atomic mass is 10.2. The van der Waals surface area contributed by atoms with Crippen molar-refractivity contribution in [2.24, 2.45) is 0 Å². The first kappa shape index (κ1) is 16.4. The minimum absolute atomic E-state index is 0.113. The molecule has 2 atom stereocenters. The molecule has 1 amide bonds. The van der Waals surface area contributed by atoms with Crippen molar-refractivity contribution in [2.45, 2.75) is 45.7 Å². The summed E-state index contributed by atoms with van der Waals surface area (Å²) in [5.41, 5.74) is 2.44. The van der Waals surface area contributed by atoms with Crippen LogP contribution in [0.3, 0.4) is 0 Å². The van der Waals surface area contributed by atoms with Crippen LogP contribution in [0.4, 0.5) is 0 Å². The van der Waals surface area contributed by atoms with Crippen LogP contribution in [0.15, 0.2) is 6.20 Å². The maximum absolute atomic E-state index is 12.5. The minimum atomic E-state index is 0.113. The Kier molecular flexibility index (Phi) is 4.99. The van der Waals surface area contributed by atoms with E-state index in [1.54, 1.807) is 0 Å². The molecule has 0 spiro atoms. The Balaban J connectivity index is 1.55. The third-order valence-corrected chi connectivity index (χ3v) is 4.45. The molecule has 0 aliphatic carbocycles. The van der Waals surface area contributed by atoms with E-state index in [1.165, 1.54) is 11.3 Å². The molecule has 128 valence electrons. The van der Waals surface area contributed by atoms with E-state index in [-0.39, 0.29) is 18.1 Å². The summed E-state index contributed by atoms with van der Waals surface area (Å²) in [7, 11) is 1.99. The molecule has 2 unspecified atom stereocenters. The maximum atomic E-state index is 12.5. The Morgan fingerprint density at radius 1 is 1.43 bits per heavy atom. The van der Waals surface area contributed by atoms with Crippen molar-refractivity contribution in [1.82, 2.24) is 24.9 Å². The van der Waals surface area contributed by atoms with Gasteiger partial charge in [-0.25, -0.2) is 0 Å². The monoisotopic (exact) mass is 321 g/mol. The number of amides is 1. The van der Waals surface area contributed by atoms with Gasteiger partial charge in [-0.2, -0.15) is 5.10 Å². The first-order valence-corrected chi connectivity index (χ1v) is 8.39. The number of hydrogen-bond acceptors (Lipinski definition) is 5. The number of rotatable bonds is 4. The highest BCUT2D eigenvalue weighted by molar-refractivity contribution is 5.78. The molecular weight excluding hydrogens is 294 g/mol. The van der Waals surface area contributed by atoms with Crippen molar-refractivity contribution >= 4 is 5.91 Å². The number of carbonyl (C=O) groups excluding carboxylic acids is 1. The molecule has 0 radical (unpaired) electrons. The second-order valence-electron chi connectivity index (χ2n) is 6.74. The molecular formula is C16H27N5O2. The van der Waals surface area contributed by atoms with Gasteiger partial charge in [0.2, 0.25) is 5.91 Å². The predicted octanol–water partition coefficient (Wildman–Crippen LogP) is 0.0539. The lowest BCUT2D eigenvalue weighted by Crippen LogP contribution is -2.50. The largest absolute Gasteiger partial charge is 0.372 e. The number of morpholine rings is 1. The van der Waals surface area contributed by atoms with Crippen molar-refractivity contribution in [1.29, 1.82) is 0 Å². The summed E-state index contributed by atoms with van der Waals surface area (Å²) < 4.78 is 7.76.